The molecule has 0 unspecified atom stereocenters. The summed E-state index contributed by atoms with van der Waals surface area (Å²) < 4.78 is 25.5. The van der Waals surface area contributed by atoms with Gasteiger partial charge < -0.3 is 10.6 Å². The number of sulfonamides is 1. The van der Waals surface area contributed by atoms with Crippen LogP contribution in [-0.4, -0.2) is 45.0 Å². The topological polar surface area (TPSA) is 113 Å². The number of amides is 3. The summed E-state index contributed by atoms with van der Waals surface area (Å²) in [4.78, 5) is 35.5. The molecule has 3 amide bonds. The highest BCUT2D eigenvalue weighted by Crippen LogP contribution is 2.39. The molecule has 1 aliphatic heterocycles. The zero-order chi connectivity index (χ0) is 19.7. The van der Waals surface area contributed by atoms with Gasteiger partial charge in [-0.2, -0.15) is 0 Å². The van der Waals surface area contributed by atoms with E-state index in [0.29, 0.717) is 4.31 Å². The molecule has 1 saturated heterocycles. The number of nitrogens with one attached hydrogen (secondary N) is 2. The standard InChI is InChI=1S/C16H20ClN3O5S/c1-10(21)18-6-7-19-14(22)11-4-5-12(17)13(8-11)20-15(23)16(2,3)9-26(20,24)25/h4-5,8H,6-7,9H2,1-3H3,(H,18,21)(H,19,22). The Balaban J connectivity index is 2.26. The van der Waals surface area contributed by atoms with Crippen LogP contribution in [0, 0.1) is 5.41 Å². The van der Waals surface area contributed by atoms with Crippen LogP contribution < -0.4 is 14.9 Å². The highest BCUT2D eigenvalue weighted by Gasteiger charge is 2.50. The van der Waals surface area contributed by atoms with Crippen LogP contribution >= 0.6 is 11.6 Å². The van der Waals surface area contributed by atoms with Gasteiger partial charge in [-0.3, -0.25) is 14.4 Å². The maximum atomic E-state index is 12.5. The quantitative estimate of drug-likeness (QED) is 0.712. The molecule has 0 saturated carbocycles. The Hall–Kier alpha value is -2.13. The van der Waals surface area contributed by atoms with Gasteiger partial charge >= 0.3 is 0 Å². The summed E-state index contributed by atoms with van der Waals surface area (Å²) in [5.41, 5.74) is -0.963. The average molecular weight is 402 g/mol. The molecule has 2 rings (SSSR count). The highest BCUT2D eigenvalue weighted by molar-refractivity contribution is 7.94. The van der Waals surface area contributed by atoms with Gasteiger partial charge in [0.15, 0.2) is 0 Å². The first-order valence-electron chi connectivity index (χ1n) is 7.85. The minimum Gasteiger partial charge on any atom is -0.355 e. The lowest BCUT2D eigenvalue weighted by molar-refractivity contribution is -0.123. The minimum atomic E-state index is -3.87. The monoisotopic (exact) mass is 401 g/mol. The second-order valence-corrected chi connectivity index (χ2v) is 8.84. The lowest BCUT2D eigenvalue weighted by Gasteiger charge is -2.19. The number of benzene rings is 1. The van der Waals surface area contributed by atoms with Gasteiger partial charge in [-0.1, -0.05) is 11.6 Å². The molecular formula is C16H20ClN3O5S. The van der Waals surface area contributed by atoms with Crippen molar-refractivity contribution >= 4 is 45.0 Å². The van der Waals surface area contributed by atoms with Gasteiger partial charge in [-0.05, 0) is 32.0 Å². The van der Waals surface area contributed by atoms with E-state index in [2.05, 4.69) is 10.6 Å². The summed E-state index contributed by atoms with van der Waals surface area (Å²) >= 11 is 6.09. The summed E-state index contributed by atoms with van der Waals surface area (Å²) in [7, 11) is -3.87. The number of rotatable bonds is 5. The normalized spacial score (nSPS) is 17.8. The number of hydrogen-bond donors (Lipinski definition) is 2. The molecule has 2 N–H and O–H groups in total. The largest absolute Gasteiger partial charge is 0.355 e. The fraction of sp³-hybridized carbons (Fsp3) is 0.438. The van der Waals surface area contributed by atoms with E-state index < -0.39 is 27.3 Å². The van der Waals surface area contributed by atoms with E-state index in [-0.39, 0.29) is 41.0 Å². The molecule has 1 fully saturated rings. The summed E-state index contributed by atoms with van der Waals surface area (Å²) in [6.45, 7) is 4.90. The first-order valence-corrected chi connectivity index (χ1v) is 9.84. The minimum absolute atomic E-state index is 0.0447. The Morgan fingerprint density at radius 1 is 1.23 bits per heavy atom. The maximum Gasteiger partial charge on any atom is 0.251 e. The summed E-state index contributed by atoms with van der Waals surface area (Å²) in [5, 5.41) is 5.18. The number of carbonyl (C=O) groups is 3. The van der Waals surface area contributed by atoms with Gasteiger partial charge in [-0.15, -0.1) is 0 Å². The predicted molar refractivity (Wildman–Crippen MR) is 97.5 cm³/mol. The van der Waals surface area contributed by atoms with Crippen LogP contribution in [0.2, 0.25) is 5.02 Å². The molecule has 142 valence electrons. The third kappa shape index (κ3) is 4.16. The summed E-state index contributed by atoms with van der Waals surface area (Å²) in [6, 6.07) is 4.07. The Morgan fingerprint density at radius 2 is 1.85 bits per heavy atom. The fourth-order valence-electron chi connectivity index (χ4n) is 2.57. The van der Waals surface area contributed by atoms with Crippen molar-refractivity contribution in [2.45, 2.75) is 20.8 Å². The zero-order valence-corrected chi connectivity index (χ0v) is 16.2. The van der Waals surface area contributed by atoms with Gasteiger partial charge in [0.2, 0.25) is 21.8 Å². The molecular weight excluding hydrogens is 382 g/mol. The van der Waals surface area contributed by atoms with Crippen LogP contribution in [0.4, 0.5) is 5.69 Å². The fourth-order valence-corrected chi connectivity index (χ4v) is 4.94. The van der Waals surface area contributed by atoms with Crippen molar-refractivity contribution < 1.29 is 22.8 Å². The van der Waals surface area contributed by atoms with Crippen LogP contribution in [-0.2, 0) is 19.6 Å². The van der Waals surface area contributed by atoms with E-state index in [1.807, 2.05) is 0 Å². The van der Waals surface area contributed by atoms with Crippen molar-refractivity contribution in [1.82, 2.24) is 10.6 Å². The first-order chi connectivity index (χ1) is 12.0. The van der Waals surface area contributed by atoms with E-state index in [4.69, 9.17) is 11.6 Å². The van der Waals surface area contributed by atoms with E-state index in [1.54, 1.807) is 13.8 Å². The molecule has 0 radical (unpaired) electrons. The number of anilines is 1. The van der Waals surface area contributed by atoms with Gasteiger partial charge in [0.05, 0.1) is 21.9 Å². The molecule has 0 aromatic heterocycles. The van der Waals surface area contributed by atoms with Gasteiger partial charge in [0.1, 0.15) is 0 Å². The third-order valence-corrected chi connectivity index (χ3v) is 6.12. The van der Waals surface area contributed by atoms with Crippen LogP contribution in [0.5, 0.6) is 0 Å². The number of halogens is 1. The third-order valence-electron chi connectivity index (χ3n) is 3.80. The second-order valence-electron chi connectivity index (χ2n) is 6.61. The van der Waals surface area contributed by atoms with Gasteiger partial charge in [0.25, 0.3) is 5.91 Å². The number of hydrogen-bond acceptors (Lipinski definition) is 5. The van der Waals surface area contributed by atoms with Crippen LogP contribution in [0.25, 0.3) is 0 Å². The molecule has 1 heterocycles. The zero-order valence-electron chi connectivity index (χ0n) is 14.6. The summed E-state index contributed by atoms with van der Waals surface area (Å²) in [6.07, 6.45) is 0. The Morgan fingerprint density at radius 3 is 2.38 bits per heavy atom. The van der Waals surface area contributed by atoms with Gasteiger partial charge in [-0.25, -0.2) is 12.7 Å². The molecule has 1 aromatic rings. The Labute approximate surface area is 156 Å². The molecule has 1 aliphatic rings. The van der Waals surface area contributed by atoms with E-state index in [1.165, 1.54) is 25.1 Å². The van der Waals surface area contributed by atoms with Gasteiger partial charge in [0, 0.05) is 25.6 Å². The molecule has 0 spiro atoms. The average Bonchev–Trinajstić information content (AvgIpc) is 2.67. The van der Waals surface area contributed by atoms with Crippen molar-refractivity contribution in [3.8, 4) is 0 Å². The van der Waals surface area contributed by atoms with Crippen molar-refractivity contribution in [2.24, 2.45) is 5.41 Å². The number of nitrogens with zero attached hydrogens (tertiary/aromatic N) is 1. The molecule has 26 heavy (non-hydrogen) atoms. The molecule has 0 bridgehead atoms. The maximum absolute atomic E-state index is 12.5. The molecule has 10 heteroatoms. The van der Waals surface area contributed by atoms with E-state index in [0.717, 1.165) is 0 Å². The lowest BCUT2D eigenvalue weighted by Crippen LogP contribution is -2.34. The van der Waals surface area contributed by atoms with Crippen molar-refractivity contribution in [3.63, 3.8) is 0 Å². The second kappa shape index (κ2) is 7.24. The molecule has 1 aromatic carbocycles. The van der Waals surface area contributed by atoms with Crippen LogP contribution in [0.15, 0.2) is 18.2 Å². The Bertz CT molecular complexity index is 867. The molecule has 0 aliphatic carbocycles. The summed E-state index contributed by atoms with van der Waals surface area (Å²) in [5.74, 6) is -1.62. The lowest BCUT2D eigenvalue weighted by atomic mass is 9.95. The predicted octanol–water partition coefficient (Wildman–Crippen LogP) is 0.908. The van der Waals surface area contributed by atoms with E-state index >= 15 is 0 Å². The SMILES string of the molecule is CC(=O)NCCNC(=O)c1ccc(Cl)c(N2C(=O)C(C)(C)CS2(=O)=O)c1. The van der Waals surface area contributed by atoms with Crippen LogP contribution in [0.1, 0.15) is 31.1 Å². The van der Waals surface area contributed by atoms with Crippen molar-refractivity contribution in [3.05, 3.63) is 28.8 Å². The van der Waals surface area contributed by atoms with E-state index in [9.17, 15) is 22.8 Å². The highest BCUT2D eigenvalue weighted by atomic mass is 35.5. The smallest absolute Gasteiger partial charge is 0.251 e. The molecule has 0 atom stereocenters. The number of carbonyl (C=O) groups excluding carboxylic acids is 3. The Kier molecular flexibility index (Phi) is 5.62. The van der Waals surface area contributed by atoms with Crippen molar-refractivity contribution in [1.29, 1.82) is 0 Å². The van der Waals surface area contributed by atoms with Crippen LogP contribution in [0.3, 0.4) is 0 Å². The van der Waals surface area contributed by atoms with Crippen molar-refractivity contribution in [2.75, 3.05) is 23.1 Å². The first kappa shape index (κ1) is 20.2. The molecule has 8 nitrogen and oxygen atoms in total.